The van der Waals surface area contributed by atoms with Gasteiger partial charge in [0.25, 0.3) is 0 Å². The van der Waals surface area contributed by atoms with Gasteiger partial charge < -0.3 is 14.3 Å². The van der Waals surface area contributed by atoms with Crippen LogP contribution in [0.4, 0.5) is 0 Å². The summed E-state index contributed by atoms with van der Waals surface area (Å²) >= 11 is 0. The van der Waals surface area contributed by atoms with E-state index in [1.807, 2.05) is 12.1 Å². The highest BCUT2D eigenvalue weighted by atomic mass is 16.7. The van der Waals surface area contributed by atoms with Crippen molar-refractivity contribution in [2.45, 2.75) is 78.1 Å². The number of rotatable bonds is 15. The molecule has 0 spiro atoms. The van der Waals surface area contributed by atoms with Gasteiger partial charge in [-0.1, -0.05) is 69.9 Å². The summed E-state index contributed by atoms with van der Waals surface area (Å²) in [6, 6.07) is 5.51. The zero-order chi connectivity index (χ0) is 19.7. The number of hydrogen-bond donors (Lipinski definition) is 0. The molecular formula is C22H35NO4. The van der Waals surface area contributed by atoms with Crippen LogP contribution in [0.15, 0.2) is 23.4 Å². The lowest BCUT2D eigenvalue weighted by atomic mass is 10.1. The van der Waals surface area contributed by atoms with Crippen molar-refractivity contribution in [2.75, 3.05) is 13.7 Å². The van der Waals surface area contributed by atoms with Crippen LogP contribution < -0.4 is 9.47 Å². The molecule has 0 saturated carbocycles. The largest absolute Gasteiger partial charge is 0.493 e. The predicted molar refractivity (Wildman–Crippen MR) is 110 cm³/mol. The van der Waals surface area contributed by atoms with Crippen LogP contribution in [0.1, 0.15) is 83.6 Å². The van der Waals surface area contributed by atoms with Gasteiger partial charge in [-0.2, -0.15) is 0 Å². The molecule has 1 rings (SSSR count). The number of hydrogen-bond acceptors (Lipinski definition) is 5. The van der Waals surface area contributed by atoms with Crippen LogP contribution in [-0.4, -0.2) is 25.9 Å². The molecule has 1 aromatic carbocycles. The van der Waals surface area contributed by atoms with Gasteiger partial charge >= 0.3 is 5.97 Å². The SMILES string of the molecule is CCCCCCCCCCCCOc1ccc(/C=N/OC(C)=O)cc1OC. The van der Waals surface area contributed by atoms with E-state index in [1.165, 1.54) is 70.9 Å². The molecular weight excluding hydrogens is 342 g/mol. The van der Waals surface area contributed by atoms with Gasteiger partial charge in [0.05, 0.1) is 19.9 Å². The minimum atomic E-state index is -0.449. The second-order valence-corrected chi connectivity index (χ2v) is 6.76. The van der Waals surface area contributed by atoms with Crippen molar-refractivity contribution in [1.82, 2.24) is 0 Å². The van der Waals surface area contributed by atoms with Crippen molar-refractivity contribution < 1.29 is 19.1 Å². The van der Waals surface area contributed by atoms with Gasteiger partial charge in [0.1, 0.15) is 0 Å². The number of ether oxygens (including phenoxy) is 2. The number of nitrogens with zero attached hydrogens (tertiary/aromatic N) is 1. The highest BCUT2D eigenvalue weighted by Crippen LogP contribution is 2.27. The van der Waals surface area contributed by atoms with Crippen molar-refractivity contribution in [3.05, 3.63) is 23.8 Å². The van der Waals surface area contributed by atoms with Crippen LogP contribution >= 0.6 is 0 Å². The monoisotopic (exact) mass is 377 g/mol. The van der Waals surface area contributed by atoms with Gasteiger partial charge in [0.15, 0.2) is 11.5 Å². The molecule has 0 fully saturated rings. The van der Waals surface area contributed by atoms with Gasteiger partial charge in [0, 0.05) is 12.5 Å². The van der Waals surface area contributed by atoms with Crippen molar-refractivity contribution in [3.63, 3.8) is 0 Å². The molecule has 0 bridgehead atoms. The first-order valence-corrected chi connectivity index (χ1v) is 10.2. The summed E-state index contributed by atoms with van der Waals surface area (Å²) in [6.45, 7) is 4.25. The van der Waals surface area contributed by atoms with Crippen LogP contribution in [0.3, 0.4) is 0 Å². The lowest BCUT2D eigenvalue weighted by Gasteiger charge is -2.11. The standard InChI is InChI=1S/C22H35NO4/c1-4-5-6-7-8-9-10-11-12-13-16-26-21-15-14-20(17-22(21)25-3)18-23-27-19(2)24/h14-15,17-18H,4-13,16H2,1-3H3/b23-18+. The summed E-state index contributed by atoms with van der Waals surface area (Å²) in [5, 5.41) is 3.61. The van der Waals surface area contributed by atoms with E-state index < -0.39 is 5.97 Å². The van der Waals surface area contributed by atoms with E-state index in [-0.39, 0.29) is 0 Å². The zero-order valence-corrected chi connectivity index (χ0v) is 17.2. The van der Waals surface area contributed by atoms with E-state index in [0.717, 1.165) is 17.7 Å². The Hall–Kier alpha value is -2.04. The lowest BCUT2D eigenvalue weighted by molar-refractivity contribution is -0.140. The molecule has 0 aliphatic carbocycles. The highest BCUT2D eigenvalue weighted by molar-refractivity contribution is 5.81. The first-order valence-electron chi connectivity index (χ1n) is 10.2. The molecule has 0 aromatic heterocycles. The molecule has 152 valence electrons. The molecule has 0 aliphatic rings. The summed E-state index contributed by atoms with van der Waals surface area (Å²) in [4.78, 5) is 15.3. The Kier molecular flexibility index (Phi) is 12.8. The summed E-state index contributed by atoms with van der Waals surface area (Å²) in [6.07, 6.45) is 14.5. The Labute approximate surface area is 164 Å². The van der Waals surface area contributed by atoms with Gasteiger partial charge in [0.2, 0.25) is 0 Å². The normalized spacial score (nSPS) is 10.9. The van der Waals surface area contributed by atoms with Crippen molar-refractivity contribution in [2.24, 2.45) is 5.16 Å². The lowest BCUT2D eigenvalue weighted by Crippen LogP contribution is -2.00. The third kappa shape index (κ3) is 11.3. The summed E-state index contributed by atoms with van der Waals surface area (Å²) in [7, 11) is 1.61. The van der Waals surface area contributed by atoms with Crippen molar-refractivity contribution >= 4 is 12.2 Å². The molecule has 0 amide bonds. The van der Waals surface area contributed by atoms with E-state index in [4.69, 9.17) is 9.47 Å². The van der Waals surface area contributed by atoms with Gasteiger partial charge in [-0.3, -0.25) is 0 Å². The van der Waals surface area contributed by atoms with Gasteiger partial charge in [-0.05, 0) is 24.6 Å². The molecule has 0 N–H and O–H groups in total. The van der Waals surface area contributed by atoms with Crippen LogP contribution in [0.2, 0.25) is 0 Å². The molecule has 1 aromatic rings. The molecule has 0 atom stereocenters. The maximum atomic E-state index is 10.7. The fourth-order valence-corrected chi connectivity index (χ4v) is 2.82. The average Bonchev–Trinajstić information content (AvgIpc) is 2.66. The van der Waals surface area contributed by atoms with Gasteiger partial charge in [-0.25, -0.2) is 4.79 Å². The maximum Gasteiger partial charge on any atom is 0.331 e. The Bertz CT molecular complexity index is 557. The molecule has 5 heteroatoms. The smallest absolute Gasteiger partial charge is 0.331 e. The fraction of sp³-hybridized carbons (Fsp3) is 0.636. The van der Waals surface area contributed by atoms with Gasteiger partial charge in [-0.15, -0.1) is 0 Å². The number of carbonyl (C=O) groups is 1. The molecule has 0 saturated heterocycles. The minimum Gasteiger partial charge on any atom is -0.493 e. The predicted octanol–water partition coefficient (Wildman–Crippen LogP) is 5.89. The van der Waals surface area contributed by atoms with E-state index in [0.29, 0.717) is 12.4 Å². The highest BCUT2D eigenvalue weighted by Gasteiger charge is 2.05. The minimum absolute atomic E-state index is 0.449. The Morgan fingerprint density at radius 1 is 0.963 bits per heavy atom. The van der Waals surface area contributed by atoms with E-state index in [1.54, 1.807) is 13.2 Å². The van der Waals surface area contributed by atoms with E-state index in [2.05, 4.69) is 16.9 Å². The molecule has 0 radical (unpaired) electrons. The topological polar surface area (TPSA) is 57.1 Å². The van der Waals surface area contributed by atoms with Crippen molar-refractivity contribution in [1.29, 1.82) is 0 Å². The van der Waals surface area contributed by atoms with Crippen LogP contribution in [0, 0.1) is 0 Å². The fourth-order valence-electron chi connectivity index (χ4n) is 2.82. The zero-order valence-electron chi connectivity index (χ0n) is 17.2. The third-order valence-electron chi connectivity index (χ3n) is 4.33. The van der Waals surface area contributed by atoms with Crippen LogP contribution in [0.25, 0.3) is 0 Å². The molecule has 5 nitrogen and oxygen atoms in total. The van der Waals surface area contributed by atoms with E-state index in [9.17, 15) is 4.79 Å². The Morgan fingerprint density at radius 3 is 2.19 bits per heavy atom. The van der Waals surface area contributed by atoms with Crippen LogP contribution in [0.5, 0.6) is 11.5 Å². The second-order valence-electron chi connectivity index (χ2n) is 6.76. The number of unbranched alkanes of at least 4 members (excludes halogenated alkanes) is 9. The van der Waals surface area contributed by atoms with Crippen molar-refractivity contribution in [3.8, 4) is 11.5 Å². The summed E-state index contributed by atoms with van der Waals surface area (Å²) in [5.41, 5.74) is 0.777. The number of benzene rings is 1. The molecule has 0 heterocycles. The summed E-state index contributed by atoms with van der Waals surface area (Å²) in [5.74, 6) is 0.918. The Balaban J connectivity index is 2.20. The number of methoxy groups -OCH3 is 1. The third-order valence-corrected chi connectivity index (χ3v) is 4.33. The quantitative estimate of drug-likeness (QED) is 0.165. The first-order chi connectivity index (χ1) is 13.2. The van der Waals surface area contributed by atoms with Crippen LogP contribution in [-0.2, 0) is 9.63 Å². The first kappa shape index (κ1) is 23.0. The van der Waals surface area contributed by atoms with E-state index >= 15 is 0 Å². The molecule has 0 aliphatic heterocycles. The molecule has 27 heavy (non-hydrogen) atoms. The maximum absolute atomic E-state index is 10.7. The Morgan fingerprint density at radius 2 is 1.59 bits per heavy atom. The number of carbonyl (C=O) groups excluding carboxylic acids is 1. The summed E-state index contributed by atoms with van der Waals surface area (Å²) < 4.78 is 11.2. The average molecular weight is 378 g/mol. The second kappa shape index (κ2) is 15.1. The molecule has 0 unspecified atom stereocenters. The number of oxime groups is 1.